The minimum Gasteiger partial charge on any atom is -0.466 e. The summed E-state index contributed by atoms with van der Waals surface area (Å²) >= 11 is 0. The van der Waals surface area contributed by atoms with Crippen LogP contribution in [0.2, 0.25) is 0 Å². The van der Waals surface area contributed by atoms with E-state index in [1.807, 2.05) is 0 Å². The average Bonchev–Trinajstić information content (AvgIpc) is 2.70. The van der Waals surface area contributed by atoms with E-state index in [4.69, 9.17) is 18.9 Å². The smallest absolute Gasteiger partial charge is 0.339 e. The Labute approximate surface area is 169 Å². The third-order valence-corrected chi connectivity index (χ3v) is 4.05. The van der Waals surface area contributed by atoms with Gasteiger partial charge in [-0.1, -0.05) is 0 Å². The molecule has 2 N–H and O–H groups in total. The lowest BCUT2D eigenvalue weighted by atomic mass is 10.1. The summed E-state index contributed by atoms with van der Waals surface area (Å²) in [6.07, 6.45) is 5.76. The van der Waals surface area contributed by atoms with Crippen molar-refractivity contribution in [3.05, 3.63) is 54.3 Å². The number of rotatable bonds is 6. The summed E-state index contributed by atoms with van der Waals surface area (Å²) < 4.78 is 19.7. The molecule has 0 aromatic carbocycles. The molecule has 0 radical (unpaired) electrons. The van der Waals surface area contributed by atoms with Gasteiger partial charge in [0.1, 0.15) is 0 Å². The summed E-state index contributed by atoms with van der Waals surface area (Å²) in [5.41, 5.74) is -0.257. The molecule has 2 aliphatic rings. The van der Waals surface area contributed by atoms with Crippen LogP contribution >= 0.6 is 0 Å². The predicted octanol–water partition coefficient (Wildman–Crippen LogP) is -0.221. The standard InChI is InChI=1S/C19H17NO10/c21-14-1-3-29-18(25,6-14)10-27-16(23)12-5-13(9-20-8-12)17(24)28-11-19(26)7-15(22)2-4-30-19/h1-5,8-9,25-26H,6-7,10-11H2. The molecule has 2 aliphatic heterocycles. The number of nitrogens with zero attached hydrogens (tertiary/aromatic N) is 1. The van der Waals surface area contributed by atoms with Crippen molar-refractivity contribution in [3.63, 3.8) is 0 Å². The Morgan fingerprint density at radius 1 is 0.900 bits per heavy atom. The largest absolute Gasteiger partial charge is 0.466 e. The Bertz CT molecular complexity index is 868. The summed E-state index contributed by atoms with van der Waals surface area (Å²) in [5.74, 6) is -6.61. The number of aliphatic hydroxyl groups is 2. The molecule has 0 saturated carbocycles. The number of aromatic nitrogens is 1. The minimum atomic E-state index is -1.98. The molecule has 0 spiro atoms. The molecule has 0 amide bonds. The summed E-state index contributed by atoms with van der Waals surface area (Å²) in [6.45, 7) is -1.25. The van der Waals surface area contributed by atoms with Gasteiger partial charge in [0, 0.05) is 24.5 Å². The number of allylic oxidation sites excluding steroid dienone is 2. The average molecular weight is 419 g/mol. The highest BCUT2D eigenvalue weighted by atomic mass is 16.7. The topological polar surface area (TPSA) is 159 Å². The maximum Gasteiger partial charge on any atom is 0.339 e. The Morgan fingerprint density at radius 3 is 1.73 bits per heavy atom. The van der Waals surface area contributed by atoms with Crippen molar-refractivity contribution in [1.82, 2.24) is 4.98 Å². The molecule has 11 nitrogen and oxygen atoms in total. The molecule has 30 heavy (non-hydrogen) atoms. The first-order chi connectivity index (χ1) is 14.2. The fraction of sp³-hybridized carbons (Fsp3) is 0.316. The van der Waals surface area contributed by atoms with Crippen LogP contribution in [-0.4, -0.2) is 63.5 Å². The number of ether oxygens (including phenoxy) is 4. The van der Waals surface area contributed by atoms with Crippen molar-refractivity contribution in [2.45, 2.75) is 24.4 Å². The molecule has 2 atom stereocenters. The highest BCUT2D eigenvalue weighted by Gasteiger charge is 2.36. The summed E-state index contributed by atoms with van der Waals surface area (Å²) in [7, 11) is 0. The van der Waals surface area contributed by atoms with E-state index in [9.17, 15) is 29.4 Å². The second-order valence-electron chi connectivity index (χ2n) is 6.63. The van der Waals surface area contributed by atoms with Gasteiger partial charge in [-0.15, -0.1) is 0 Å². The highest BCUT2D eigenvalue weighted by molar-refractivity contribution is 5.95. The van der Waals surface area contributed by atoms with E-state index in [1.165, 1.54) is 0 Å². The molecule has 0 saturated heterocycles. The van der Waals surface area contributed by atoms with Gasteiger partial charge < -0.3 is 29.2 Å². The number of hydrogen-bond acceptors (Lipinski definition) is 11. The van der Waals surface area contributed by atoms with Crippen LogP contribution in [0.5, 0.6) is 0 Å². The van der Waals surface area contributed by atoms with Gasteiger partial charge >= 0.3 is 11.9 Å². The minimum absolute atomic E-state index is 0.128. The molecule has 1 aromatic rings. The van der Waals surface area contributed by atoms with Crippen LogP contribution < -0.4 is 0 Å². The van der Waals surface area contributed by atoms with Gasteiger partial charge in [-0.25, -0.2) is 9.59 Å². The molecule has 0 bridgehead atoms. The molecule has 2 unspecified atom stereocenters. The molecule has 158 valence electrons. The van der Waals surface area contributed by atoms with E-state index in [2.05, 4.69) is 4.98 Å². The summed E-state index contributed by atoms with van der Waals surface area (Å²) in [6, 6.07) is 1.13. The molecule has 11 heteroatoms. The van der Waals surface area contributed by atoms with Crippen LogP contribution in [0.1, 0.15) is 33.6 Å². The van der Waals surface area contributed by atoms with Crippen molar-refractivity contribution in [3.8, 4) is 0 Å². The van der Waals surface area contributed by atoms with Gasteiger partial charge in [0.2, 0.25) is 11.6 Å². The Morgan fingerprint density at radius 2 is 1.33 bits per heavy atom. The SMILES string of the molecule is O=C1C=COC(O)(COC(=O)c2cncc(C(=O)OCC3(O)CC(=O)C=CO3)c2)C1. The Hall–Kier alpha value is -3.57. The maximum absolute atomic E-state index is 12.2. The van der Waals surface area contributed by atoms with E-state index >= 15 is 0 Å². The van der Waals surface area contributed by atoms with Crippen molar-refractivity contribution in [2.75, 3.05) is 13.2 Å². The number of carbonyl (C=O) groups is 4. The summed E-state index contributed by atoms with van der Waals surface area (Å²) in [5, 5.41) is 20.2. The third-order valence-electron chi connectivity index (χ3n) is 4.05. The second-order valence-corrected chi connectivity index (χ2v) is 6.63. The lowest BCUT2D eigenvalue weighted by Gasteiger charge is -2.28. The highest BCUT2D eigenvalue weighted by Crippen LogP contribution is 2.21. The summed E-state index contributed by atoms with van der Waals surface area (Å²) in [4.78, 5) is 50.8. The van der Waals surface area contributed by atoms with Crippen LogP contribution in [0, 0.1) is 0 Å². The number of esters is 2. The molecule has 3 heterocycles. The van der Waals surface area contributed by atoms with Crippen molar-refractivity contribution >= 4 is 23.5 Å². The van der Waals surface area contributed by atoms with Gasteiger partial charge in [0.15, 0.2) is 24.8 Å². The number of hydrogen-bond donors (Lipinski definition) is 2. The van der Waals surface area contributed by atoms with Crippen LogP contribution in [0.4, 0.5) is 0 Å². The zero-order valence-corrected chi connectivity index (χ0v) is 15.5. The third kappa shape index (κ3) is 5.27. The first kappa shape index (κ1) is 21.1. The van der Waals surface area contributed by atoms with Crippen molar-refractivity contribution in [1.29, 1.82) is 0 Å². The van der Waals surface area contributed by atoms with Crippen LogP contribution in [0.3, 0.4) is 0 Å². The van der Waals surface area contributed by atoms with E-state index in [0.717, 1.165) is 43.1 Å². The fourth-order valence-electron chi connectivity index (χ4n) is 2.58. The number of pyridine rings is 1. The maximum atomic E-state index is 12.2. The first-order valence-corrected chi connectivity index (χ1v) is 8.67. The second kappa shape index (κ2) is 8.43. The molecular weight excluding hydrogens is 402 g/mol. The van der Waals surface area contributed by atoms with Crippen LogP contribution in [0.15, 0.2) is 43.1 Å². The Kier molecular flexibility index (Phi) is 5.94. The van der Waals surface area contributed by atoms with Gasteiger partial charge in [0.25, 0.3) is 0 Å². The van der Waals surface area contributed by atoms with Crippen LogP contribution in [-0.2, 0) is 28.5 Å². The van der Waals surface area contributed by atoms with E-state index in [0.29, 0.717) is 0 Å². The zero-order valence-electron chi connectivity index (χ0n) is 15.5. The van der Waals surface area contributed by atoms with E-state index < -0.39 is 48.3 Å². The Balaban J connectivity index is 1.58. The molecule has 1 aromatic heterocycles. The van der Waals surface area contributed by atoms with Gasteiger partial charge in [0.05, 0.1) is 36.5 Å². The lowest BCUT2D eigenvalue weighted by Crippen LogP contribution is -2.41. The number of ketones is 2. The molecule has 3 rings (SSSR count). The fourth-order valence-corrected chi connectivity index (χ4v) is 2.58. The molecule has 0 aliphatic carbocycles. The normalized spacial score (nSPS) is 25.3. The zero-order chi connectivity index (χ0) is 21.8. The molecule has 0 fully saturated rings. The lowest BCUT2D eigenvalue weighted by molar-refractivity contribution is -0.200. The molecular formula is C19H17NO10. The monoisotopic (exact) mass is 419 g/mol. The van der Waals surface area contributed by atoms with Gasteiger partial charge in [-0.3, -0.25) is 14.6 Å². The van der Waals surface area contributed by atoms with Crippen molar-refractivity contribution in [2.24, 2.45) is 0 Å². The van der Waals surface area contributed by atoms with E-state index in [1.54, 1.807) is 0 Å². The quantitative estimate of drug-likeness (QED) is 0.587. The number of carbonyl (C=O) groups excluding carboxylic acids is 4. The van der Waals surface area contributed by atoms with Gasteiger partial charge in [-0.05, 0) is 6.07 Å². The first-order valence-electron chi connectivity index (χ1n) is 8.67. The predicted molar refractivity (Wildman–Crippen MR) is 94.4 cm³/mol. The van der Waals surface area contributed by atoms with E-state index in [-0.39, 0.29) is 24.0 Å². The van der Waals surface area contributed by atoms with Gasteiger partial charge in [-0.2, -0.15) is 0 Å². The van der Waals surface area contributed by atoms with Crippen LogP contribution in [0.25, 0.3) is 0 Å². The van der Waals surface area contributed by atoms with Crippen molar-refractivity contribution < 1.29 is 48.3 Å².